The number of unbranched alkanes of at least 4 members (excludes halogenated alkanes) is 3. The van der Waals surface area contributed by atoms with Gasteiger partial charge in [-0.3, -0.25) is 0 Å². The third-order valence-electron chi connectivity index (χ3n) is 2.55. The summed E-state index contributed by atoms with van der Waals surface area (Å²) in [6, 6.07) is 2.55. The van der Waals surface area contributed by atoms with Gasteiger partial charge in [0.25, 0.3) is 0 Å². The number of hydrogen-bond donors (Lipinski definition) is 1. The fourth-order valence-electron chi connectivity index (χ4n) is 1.51. The zero-order valence-electron chi connectivity index (χ0n) is 10.3. The molecule has 0 aliphatic heterocycles. The highest BCUT2D eigenvalue weighted by molar-refractivity contribution is 14.1. The average molecular weight is 403 g/mol. The molecule has 0 aliphatic carbocycles. The van der Waals surface area contributed by atoms with Crippen molar-refractivity contribution in [1.82, 2.24) is 4.72 Å². The van der Waals surface area contributed by atoms with Gasteiger partial charge in [-0.1, -0.05) is 35.4 Å². The lowest BCUT2D eigenvalue weighted by Crippen LogP contribution is -2.25. The Hall–Kier alpha value is -0.280. The first-order valence-electron chi connectivity index (χ1n) is 5.98. The summed E-state index contributed by atoms with van der Waals surface area (Å²) in [6.07, 6.45) is 3.87. The van der Waals surface area contributed by atoms with Crippen molar-refractivity contribution in [2.75, 3.05) is 11.0 Å². The Morgan fingerprint density at radius 2 is 1.74 bits per heavy atom. The molecule has 108 valence electrons. The highest BCUT2D eigenvalue weighted by Gasteiger charge is 2.15. The van der Waals surface area contributed by atoms with Crippen LogP contribution >= 0.6 is 22.6 Å². The van der Waals surface area contributed by atoms with Gasteiger partial charge >= 0.3 is 0 Å². The number of nitrogens with one attached hydrogen (secondary N) is 1. The lowest BCUT2D eigenvalue weighted by Gasteiger charge is -2.07. The topological polar surface area (TPSA) is 46.2 Å². The van der Waals surface area contributed by atoms with Crippen molar-refractivity contribution in [2.24, 2.45) is 0 Å². The molecule has 0 aromatic heterocycles. The minimum Gasteiger partial charge on any atom is -0.211 e. The molecule has 0 radical (unpaired) electrons. The Labute approximate surface area is 126 Å². The molecule has 0 spiro atoms. The first-order valence-corrected chi connectivity index (χ1v) is 8.99. The van der Waals surface area contributed by atoms with Crippen molar-refractivity contribution in [3.8, 4) is 0 Å². The molecule has 7 heteroatoms. The molecule has 0 fully saturated rings. The highest BCUT2D eigenvalue weighted by atomic mass is 127. The molecule has 0 aliphatic rings. The molecule has 1 N–H and O–H groups in total. The van der Waals surface area contributed by atoms with Gasteiger partial charge in [0.05, 0.1) is 4.90 Å². The van der Waals surface area contributed by atoms with Crippen LogP contribution in [0.25, 0.3) is 0 Å². The molecular formula is C12H16F2INO2S. The van der Waals surface area contributed by atoms with Crippen LogP contribution in [0.3, 0.4) is 0 Å². The van der Waals surface area contributed by atoms with E-state index in [9.17, 15) is 17.2 Å². The zero-order valence-corrected chi connectivity index (χ0v) is 13.3. The van der Waals surface area contributed by atoms with E-state index in [1.807, 2.05) is 0 Å². The molecule has 1 aromatic carbocycles. The fraction of sp³-hybridized carbons (Fsp3) is 0.500. The Bertz CT molecular complexity index is 508. The van der Waals surface area contributed by atoms with Crippen LogP contribution in [0.1, 0.15) is 25.7 Å². The second-order valence-electron chi connectivity index (χ2n) is 4.08. The maximum atomic E-state index is 13.0. The summed E-state index contributed by atoms with van der Waals surface area (Å²) < 4.78 is 52.7. The molecule has 1 rings (SSSR count). The van der Waals surface area contributed by atoms with Gasteiger partial charge in [0.1, 0.15) is 0 Å². The summed E-state index contributed by atoms with van der Waals surface area (Å²) in [5.41, 5.74) is 0. The van der Waals surface area contributed by atoms with Gasteiger partial charge in [-0.05, 0) is 35.5 Å². The molecule has 0 unspecified atom stereocenters. The monoisotopic (exact) mass is 403 g/mol. The Morgan fingerprint density at radius 3 is 2.37 bits per heavy atom. The number of halogens is 3. The number of benzene rings is 1. The van der Waals surface area contributed by atoms with Gasteiger partial charge in [-0.2, -0.15) is 0 Å². The minimum atomic E-state index is -3.75. The van der Waals surface area contributed by atoms with E-state index in [-0.39, 0.29) is 4.90 Å². The van der Waals surface area contributed by atoms with Gasteiger partial charge in [-0.15, -0.1) is 0 Å². The third-order valence-corrected chi connectivity index (χ3v) is 4.78. The van der Waals surface area contributed by atoms with Crippen molar-refractivity contribution in [3.05, 3.63) is 29.8 Å². The lowest BCUT2D eigenvalue weighted by molar-refractivity contribution is 0.504. The number of rotatable bonds is 8. The summed E-state index contributed by atoms with van der Waals surface area (Å²) in [4.78, 5) is -0.251. The fourth-order valence-corrected chi connectivity index (χ4v) is 3.13. The molecule has 0 bridgehead atoms. The Balaban J connectivity index is 2.49. The second kappa shape index (κ2) is 8.11. The van der Waals surface area contributed by atoms with E-state index in [1.165, 1.54) is 0 Å². The van der Waals surface area contributed by atoms with E-state index in [1.54, 1.807) is 0 Å². The summed E-state index contributed by atoms with van der Waals surface area (Å²) >= 11 is 2.30. The third kappa shape index (κ3) is 5.70. The van der Waals surface area contributed by atoms with E-state index in [0.29, 0.717) is 12.6 Å². The van der Waals surface area contributed by atoms with Gasteiger partial charge < -0.3 is 0 Å². The van der Waals surface area contributed by atoms with Crippen molar-refractivity contribution in [3.63, 3.8) is 0 Å². The predicted molar refractivity (Wildman–Crippen MR) is 78.9 cm³/mol. The molecule has 0 heterocycles. The second-order valence-corrected chi connectivity index (χ2v) is 6.92. The van der Waals surface area contributed by atoms with Gasteiger partial charge in [0.2, 0.25) is 10.0 Å². The maximum Gasteiger partial charge on any atom is 0.240 e. The standard InChI is InChI=1S/C12H16F2INO2S/c13-11-6-5-10(9-12(11)14)19(17,18)16-8-4-2-1-3-7-15/h5-6,9,16H,1-4,7-8H2. The van der Waals surface area contributed by atoms with Crippen molar-refractivity contribution >= 4 is 32.6 Å². The molecule has 1 aromatic rings. The molecule has 0 saturated heterocycles. The van der Waals surface area contributed by atoms with Crippen LogP contribution in [-0.4, -0.2) is 19.4 Å². The van der Waals surface area contributed by atoms with Crippen molar-refractivity contribution in [1.29, 1.82) is 0 Å². The van der Waals surface area contributed by atoms with Crippen LogP contribution in [0.4, 0.5) is 8.78 Å². The van der Waals surface area contributed by atoms with Crippen LogP contribution in [0.15, 0.2) is 23.1 Å². The van der Waals surface area contributed by atoms with Crippen LogP contribution in [0.5, 0.6) is 0 Å². The van der Waals surface area contributed by atoms with Gasteiger partial charge in [0, 0.05) is 6.54 Å². The van der Waals surface area contributed by atoms with Crippen LogP contribution in [0.2, 0.25) is 0 Å². The molecule has 3 nitrogen and oxygen atoms in total. The van der Waals surface area contributed by atoms with E-state index in [2.05, 4.69) is 27.3 Å². The normalized spacial score (nSPS) is 11.7. The number of hydrogen-bond acceptors (Lipinski definition) is 2. The van der Waals surface area contributed by atoms with E-state index in [4.69, 9.17) is 0 Å². The van der Waals surface area contributed by atoms with Gasteiger partial charge in [-0.25, -0.2) is 21.9 Å². The number of sulfonamides is 1. The zero-order chi connectivity index (χ0) is 14.3. The summed E-state index contributed by atoms with van der Waals surface area (Å²) in [5, 5.41) is 0. The van der Waals surface area contributed by atoms with E-state index < -0.39 is 21.7 Å². The minimum absolute atomic E-state index is 0.251. The summed E-state index contributed by atoms with van der Waals surface area (Å²) in [7, 11) is -3.75. The first kappa shape index (κ1) is 16.8. The first-order chi connectivity index (χ1) is 8.97. The van der Waals surface area contributed by atoms with Crippen LogP contribution < -0.4 is 4.72 Å². The number of alkyl halides is 1. The Kier molecular flexibility index (Phi) is 7.16. The summed E-state index contributed by atoms with van der Waals surface area (Å²) in [5.74, 6) is -2.22. The molecule has 0 amide bonds. The quantitative estimate of drug-likeness (QED) is 0.412. The SMILES string of the molecule is O=S(=O)(NCCCCCCI)c1ccc(F)c(F)c1. The average Bonchev–Trinajstić information content (AvgIpc) is 2.36. The van der Waals surface area contributed by atoms with Crippen LogP contribution in [-0.2, 0) is 10.0 Å². The van der Waals surface area contributed by atoms with E-state index in [0.717, 1.165) is 42.2 Å². The molecule has 19 heavy (non-hydrogen) atoms. The molecule has 0 atom stereocenters. The largest absolute Gasteiger partial charge is 0.240 e. The van der Waals surface area contributed by atoms with Crippen molar-refractivity contribution in [2.45, 2.75) is 30.6 Å². The predicted octanol–water partition coefficient (Wildman–Crippen LogP) is 3.24. The summed E-state index contributed by atoms with van der Waals surface area (Å²) in [6.45, 7) is 0.308. The highest BCUT2D eigenvalue weighted by Crippen LogP contribution is 2.13. The molecular weight excluding hydrogens is 387 g/mol. The maximum absolute atomic E-state index is 13.0. The van der Waals surface area contributed by atoms with Gasteiger partial charge in [0.15, 0.2) is 11.6 Å². The smallest absolute Gasteiger partial charge is 0.211 e. The van der Waals surface area contributed by atoms with Crippen molar-refractivity contribution < 1.29 is 17.2 Å². The van der Waals surface area contributed by atoms with E-state index >= 15 is 0 Å². The Morgan fingerprint density at radius 1 is 1.05 bits per heavy atom. The van der Waals surface area contributed by atoms with Crippen LogP contribution in [0, 0.1) is 11.6 Å². The lowest BCUT2D eigenvalue weighted by atomic mass is 10.2. The molecule has 0 saturated carbocycles.